The lowest BCUT2D eigenvalue weighted by Gasteiger charge is -2.23. The van der Waals surface area contributed by atoms with Gasteiger partial charge in [-0.2, -0.15) is 0 Å². The lowest BCUT2D eigenvalue weighted by atomic mass is 10.3. The Morgan fingerprint density at radius 2 is 1.95 bits per heavy atom. The van der Waals surface area contributed by atoms with Gasteiger partial charge in [0.05, 0.1) is 0 Å². The molecule has 0 spiro atoms. The minimum absolute atomic E-state index is 0.210. The molecule has 0 saturated heterocycles. The predicted molar refractivity (Wildman–Crippen MR) is 81.3 cm³/mol. The molecule has 0 aliphatic heterocycles. The van der Waals surface area contributed by atoms with Crippen LogP contribution in [0.5, 0.6) is 0 Å². The summed E-state index contributed by atoms with van der Waals surface area (Å²) in [5.41, 5.74) is 5.53. The molecule has 0 radical (unpaired) electrons. The standard InChI is InChI=1S/C13H24N4O2S/c1-4-9-17(10-5-8-14)13-7-6-12(11-15-13)20(18,19)16(2)3/h6-7,11H,4-5,8-10,14H2,1-3H3. The quantitative estimate of drug-likeness (QED) is 0.771. The second kappa shape index (κ2) is 7.56. The molecule has 2 N–H and O–H groups in total. The van der Waals surface area contributed by atoms with Crippen molar-refractivity contribution in [3.8, 4) is 0 Å². The molecule has 20 heavy (non-hydrogen) atoms. The molecule has 1 aromatic rings. The molecule has 1 heterocycles. The van der Waals surface area contributed by atoms with Crippen LogP contribution in [0.4, 0.5) is 5.82 Å². The molecule has 6 nitrogen and oxygen atoms in total. The van der Waals surface area contributed by atoms with Gasteiger partial charge in [-0.15, -0.1) is 0 Å². The van der Waals surface area contributed by atoms with E-state index < -0.39 is 10.0 Å². The van der Waals surface area contributed by atoms with E-state index in [1.807, 2.05) is 0 Å². The van der Waals surface area contributed by atoms with Gasteiger partial charge >= 0.3 is 0 Å². The first kappa shape index (κ1) is 16.9. The van der Waals surface area contributed by atoms with E-state index in [9.17, 15) is 8.42 Å². The topological polar surface area (TPSA) is 79.5 Å². The molecule has 0 aromatic carbocycles. The number of sulfonamides is 1. The van der Waals surface area contributed by atoms with Crippen LogP contribution in [0.25, 0.3) is 0 Å². The summed E-state index contributed by atoms with van der Waals surface area (Å²) >= 11 is 0. The van der Waals surface area contributed by atoms with E-state index in [0.717, 1.165) is 31.7 Å². The first-order valence-corrected chi connectivity index (χ1v) is 8.21. The number of nitrogens with zero attached hydrogens (tertiary/aromatic N) is 3. The average molecular weight is 300 g/mol. The molecule has 0 atom stereocenters. The highest BCUT2D eigenvalue weighted by atomic mass is 32.2. The Bertz CT molecular complexity index is 500. The third-order valence-corrected chi connectivity index (χ3v) is 4.75. The summed E-state index contributed by atoms with van der Waals surface area (Å²) in [6.45, 7) is 4.44. The van der Waals surface area contributed by atoms with Crippen LogP contribution < -0.4 is 10.6 Å². The summed E-state index contributed by atoms with van der Waals surface area (Å²) in [6, 6.07) is 3.35. The summed E-state index contributed by atoms with van der Waals surface area (Å²) in [4.78, 5) is 6.61. The Morgan fingerprint density at radius 1 is 1.25 bits per heavy atom. The Balaban J connectivity index is 2.93. The van der Waals surface area contributed by atoms with Crippen molar-refractivity contribution < 1.29 is 8.42 Å². The summed E-state index contributed by atoms with van der Waals surface area (Å²) in [7, 11) is -0.401. The molecular formula is C13H24N4O2S. The SMILES string of the molecule is CCCN(CCCN)c1ccc(S(=O)(=O)N(C)C)cn1. The Morgan fingerprint density at radius 3 is 2.40 bits per heavy atom. The highest BCUT2D eigenvalue weighted by molar-refractivity contribution is 7.89. The lowest BCUT2D eigenvalue weighted by molar-refractivity contribution is 0.520. The number of hydrogen-bond acceptors (Lipinski definition) is 5. The summed E-state index contributed by atoms with van der Waals surface area (Å²) in [5, 5.41) is 0. The maximum Gasteiger partial charge on any atom is 0.244 e. The van der Waals surface area contributed by atoms with Crippen LogP contribution in [0, 0.1) is 0 Å². The van der Waals surface area contributed by atoms with Crippen LogP contribution in [0.15, 0.2) is 23.2 Å². The second-order valence-corrected chi connectivity index (χ2v) is 6.92. The number of nitrogens with two attached hydrogens (primary N) is 1. The van der Waals surface area contributed by atoms with Gasteiger partial charge in [-0.1, -0.05) is 6.92 Å². The van der Waals surface area contributed by atoms with E-state index in [-0.39, 0.29) is 4.90 Å². The monoisotopic (exact) mass is 300 g/mol. The highest BCUT2D eigenvalue weighted by Crippen LogP contribution is 2.17. The molecule has 0 bridgehead atoms. The fourth-order valence-corrected chi connectivity index (χ4v) is 2.66. The normalized spacial score (nSPS) is 11.8. The smallest absolute Gasteiger partial charge is 0.244 e. The van der Waals surface area contributed by atoms with Gasteiger partial charge in [0.15, 0.2) is 0 Å². The van der Waals surface area contributed by atoms with Gasteiger partial charge in [-0.05, 0) is 31.5 Å². The van der Waals surface area contributed by atoms with E-state index in [2.05, 4.69) is 16.8 Å². The average Bonchev–Trinajstić information content (AvgIpc) is 2.43. The first-order chi connectivity index (χ1) is 9.43. The fraction of sp³-hybridized carbons (Fsp3) is 0.615. The van der Waals surface area contributed by atoms with E-state index in [1.54, 1.807) is 12.1 Å². The van der Waals surface area contributed by atoms with E-state index >= 15 is 0 Å². The van der Waals surface area contributed by atoms with Crippen molar-refractivity contribution in [3.63, 3.8) is 0 Å². The molecule has 7 heteroatoms. The van der Waals surface area contributed by atoms with Crippen molar-refractivity contribution >= 4 is 15.8 Å². The molecule has 0 amide bonds. The third kappa shape index (κ3) is 4.16. The van der Waals surface area contributed by atoms with E-state index in [1.165, 1.54) is 24.6 Å². The number of pyridine rings is 1. The zero-order valence-electron chi connectivity index (χ0n) is 12.4. The van der Waals surface area contributed by atoms with E-state index in [4.69, 9.17) is 5.73 Å². The highest BCUT2D eigenvalue weighted by Gasteiger charge is 2.18. The predicted octanol–water partition coefficient (Wildman–Crippen LogP) is 0.897. The summed E-state index contributed by atoms with van der Waals surface area (Å²) in [6.07, 6.45) is 3.30. The molecule has 1 rings (SSSR count). The number of aromatic nitrogens is 1. The molecular weight excluding hydrogens is 276 g/mol. The maximum absolute atomic E-state index is 12.0. The molecule has 0 fully saturated rings. The van der Waals surface area contributed by atoms with Crippen molar-refractivity contribution in [3.05, 3.63) is 18.3 Å². The zero-order chi connectivity index (χ0) is 15.2. The van der Waals surface area contributed by atoms with Crippen molar-refractivity contribution in [2.45, 2.75) is 24.7 Å². The molecule has 0 aliphatic rings. The number of hydrogen-bond donors (Lipinski definition) is 1. The van der Waals surface area contributed by atoms with Gasteiger partial charge in [0.2, 0.25) is 10.0 Å². The van der Waals surface area contributed by atoms with Crippen LogP contribution in [-0.4, -0.2) is 51.4 Å². The molecule has 1 aromatic heterocycles. The van der Waals surface area contributed by atoms with Crippen LogP contribution in [0.1, 0.15) is 19.8 Å². The van der Waals surface area contributed by atoms with Crippen molar-refractivity contribution in [1.29, 1.82) is 0 Å². The fourth-order valence-electron chi connectivity index (χ4n) is 1.82. The maximum atomic E-state index is 12.0. The minimum atomic E-state index is -3.42. The van der Waals surface area contributed by atoms with Gasteiger partial charge in [-0.25, -0.2) is 17.7 Å². The minimum Gasteiger partial charge on any atom is -0.357 e. The molecule has 0 aliphatic carbocycles. The lowest BCUT2D eigenvalue weighted by Crippen LogP contribution is -2.28. The summed E-state index contributed by atoms with van der Waals surface area (Å²) < 4.78 is 25.1. The third-order valence-electron chi connectivity index (χ3n) is 2.95. The molecule has 0 saturated carbocycles. The Labute approximate surface area is 121 Å². The van der Waals surface area contributed by atoms with Gasteiger partial charge in [-0.3, -0.25) is 0 Å². The Kier molecular flexibility index (Phi) is 6.38. The van der Waals surface area contributed by atoms with Crippen LogP contribution in [-0.2, 0) is 10.0 Å². The van der Waals surface area contributed by atoms with Crippen LogP contribution >= 0.6 is 0 Å². The second-order valence-electron chi connectivity index (χ2n) is 4.77. The number of anilines is 1. The van der Waals surface area contributed by atoms with Crippen molar-refractivity contribution in [2.24, 2.45) is 5.73 Å². The molecule has 0 unspecified atom stereocenters. The van der Waals surface area contributed by atoms with Crippen molar-refractivity contribution in [1.82, 2.24) is 9.29 Å². The van der Waals surface area contributed by atoms with E-state index in [0.29, 0.717) is 6.54 Å². The van der Waals surface area contributed by atoms with Crippen LogP contribution in [0.3, 0.4) is 0 Å². The van der Waals surface area contributed by atoms with Gasteiger partial charge in [0, 0.05) is 33.4 Å². The van der Waals surface area contributed by atoms with Gasteiger partial charge < -0.3 is 10.6 Å². The van der Waals surface area contributed by atoms with Gasteiger partial charge in [0.1, 0.15) is 10.7 Å². The zero-order valence-corrected chi connectivity index (χ0v) is 13.2. The summed E-state index contributed by atoms with van der Waals surface area (Å²) in [5.74, 6) is 0.790. The number of rotatable bonds is 8. The van der Waals surface area contributed by atoms with Crippen LogP contribution in [0.2, 0.25) is 0 Å². The molecule has 114 valence electrons. The first-order valence-electron chi connectivity index (χ1n) is 6.77. The van der Waals surface area contributed by atoms with Gasteiger partial charge in [0.25, 0.3) is 0 Å². The largest absolute Gasteiger partial charge is 0.357 e. The van der Waals surface area contributed by atoms with Crippen molar-refractivity contribution in [2.75, 3.05) is 38.6 Å². The Hall–Kier alpha value is -1.18.